The van der Waals surface area contributed by atoms with E-state index in [0.717, 1.165) is 36.9 Å². The van der Waals surface area contributed by atoms with E-state index in [2.05, 4.69) is 15.6 Å². The Hall–Kier alpha value is -1.79. The highest BCUT2D eigenvalue weighted by molar-refractivity contribution is 5.89. The fourth-order valence-electron chi connectivity index (χ4n) is 2.93. The van der Waals surface area contributed by atoms with Crippen molar-refractivity contribution in [2.45, 2.75) is 38.3 Å². The summed E-state index contributed by atoms with van der Waals surface area (Å²) in [5.74, 6) is -1.76. The van der Waals surface area contributed by atoms with Gasteiger partial charge in [0, 0.05) is 12.2 Å². The Bertz CT molecular complexity index is 574. The SMILES string of the molecule is O=C(NC[C@@H]1C[C@H]1C(F)(F)F)Nc1cnc2c(c1)CCCC2. The number of rotatable bonds is 3. The van der Waals surface area contributed by atoms with Crippen LogP contribution in [0.4, 0.5) is 23.7 Å². The van der Waals surface area contributed by atoms with Gasteiger partial charge in [0.05, 0.1) is 17.8 Å². The van der Waals surface area contributed by atoms with Crippen molar-refractivity contribution in [3.63, 3.8) is 0 Å². The maximum atomic E-state index is 12.4. The smallest absolute Gasteiger partial charge is 0.338 e. The fourth-order valence-corrected chi connectivity index (χ4v) is 2.93. The largest absolute Gasteiger partial charge is 0.392 e. The second-order valence-electron chi connectivity index (χ2n) is 6.02. The molecule has 0 saturated heterocycles. The second-order valence-corrected chi connectivity index (χ2v) is 6.02. The molecule has 2 N–H and O–H groups in total. The summed E-state index contributed by atoms with van der Waals surface area (Å²) in [6.45, 7) is 0.0500. The summed E-state index contributed by atoms with van der Waals surface area (Å²) in [6, 6.07) is 1.42. The van der Waals surface area contributed by atoms with Crippen LogP contribution in [-0.4, -0.2) is 23.7 Å². The second kappa shape index (κ2) is 5.78. The van der Waals surface area contributed by atoms with Crippen LogP contribution < -0.4 is 10.6 Å². The zero-order valence-electron chi connectivity index (χ0n) is 12.0. The number of anilines is 1. The van der Waals surface area contributed by atoms with Crippen LogP contribution in [0.15, 0.2) is 12.3 Å². The molecule has 0 spiro atoms. The zero-order valence-corrected chi connectivity index (χ0v) is 12.0. The highest BCUT2D eigenvalue weighted by atomic mass is 19.4. The van der Waals surface area contributed by atoms with Crippen molar-refractivity contribution in [3.8, 4) is 0 Å². The van der Waals surface area contributed by atoms with Gasteiger partial charge in [-0.2, -0.15) is 13.2 Å². The van der Waals surface area contributed by atoms with E-state index < -0.39 is 24.0 Å². The summed E-state index contributed by atoms with van der Waals surface area (Å²) < 4.78 is 37.2. The van der Waals surface area contributed by atoms with Gasteiger partial charge in [-0.3, -0.25) is 4.98 Å². The molecule has 2 amide bonds. The maximum absolute atomic E-state index is 12.4. The molecule has 1 fully saturated rings. The van der Waals surface area contributed by atoms with Crippen LogP contribution in [0.1, 0.15) is 30.5 Å². The Morgan fingerprint density at radius 2 is 2.09 bits per heavy atom. The van der Waals surface area contributed by atoms with E-state index in [1.165, 1.54) is 0 Å². The van der Waals surface area contributed by atoms with Gasteiger partial charge in [0.2, 0.25) is 0 Å². The number of hydrogen-bond acceptors (Lipinski definition) is 2. The van der Waals surface area contributed by atoms with Gasteiger partial charge in [-0.15, -0.1) is 0 Å². The molecule has 0 unspecified atom stereocenters. The lowest BCUT2D eigenvalue weighted by Crippen LogP contribution is -2.31. The van der Waals surface area contributed by atoms with Gasteiger partial charge >= 0.3 is 12.2 Å². The third kappa shape index (κ3) is 3.51. The zero-order chi connectivity index (χ0) is 15.7. The maximum Gasteiger partial charge on any atom is 0.392 e. The molecular formula is C15H18F3N3O. The lowest BCUT2D eigenvalue weighted by atomic mass is 9.96. The molecule has 1 heterocycles. The number of hydrogen-bond donors (Lipinski definition) is 2. The Labute approximate surface area is 126 Å². The molecule has 7 heteroatoms. The minimum Gasteiger partial charge on any atom is -0.338 e. The number of carbonyl (C=O) groups is 1. The molecule has 2 atom stereocenters. The number of aromatic nitrogens is 1. The average molecular weight is 313 g/mol. The molecule has 2 aliphatic carbocycles. The van der Waals surface area contributed by atoms with Crippen LogP contribution >= 0.6 is 0 Å². The van der Waals surface area contributed by atoms with Gasteiger partial charge < -0.3 is 10.6 Å². The van der Waals surface area contributed by atoms with E-state index in [-0.39, 0.29) is 13.0 Å². The predicted molar refractivity (Wildman–Crippen MR) is 75.6 cm³/mol. The number of amides is 2. The third-order valence-electron chi connectivity index (χ3n) is 4.30. The van der Waals surface area contributed by atoms with Gasteiger partial charge in [-0.25, -0.2) is 4.79 Å². The van der Waals surface area contributed by atoms with E-state index in [4.69, 9.17) is 0 Å². The number of fused-ring (bicyclic) bond motifs is 1. The lowest BCUT2D eigenvalue weighted by molar-refractivity contribution is -0.150. The lowest BCUT2D eigenvalue weighted by Gasteiger charge is -2.16. The minimum absolute atomic E-state index is 0.0500. The summed E-state index contributed by atoms with van der Waals surface area (Å²) in [4.78, 5) is 16.1. The summed E-state index contributed by atoms with van der Waals surface area (Å²) in [7, 11) is 0. The van der Waals surface area contributed by atoms with Crippen molar-refractivity contribution >= 4 is 11.7 Å². The number of nitrogens with one attached hydrogen (secondary N) is 2. The first-order valence-electron chi connectivity index (χ1n) is 7.53. The molecular weight excluding hydrogens is 295 g/mol. The van der Waals surface area contributed by atoms with Crippen molar-refractivity contribution in [2.24, 2.45) is 11.8 Å². The van der Waals surface area contributed by atoms with Gasteiger partial charge in [0.25, 0.3) is 0 Å². The number of halogens is 3. The summed E-state index contributed by atoms with van der Waals surface area (Å²) in [6.07, 6.45) is 1.71. The molecule has 1 aromatic heterocycles. The monoisotopic (exact) mass is 313 g/mol. The van der Waals surface area contributed by atoms with Crippen LogP contribution in [0.5, 0.6) is 0 Å². The summed E-state index contributed by atoms with van der Waals surface area (Å²) in [5, 5.41) is 5.13. The van der Waals surface area contributed by atoms with E-state index in [9.17, 15) is 18.0 Å². The number of pyridine rings is 1. The molecule has 0 aromatic carbocycles. The van der Waals surface area contributed by atoms with Crippen LogP contribution in [0.2, 0.25) is 0 Å². The first-order chi connectivity index (χ1) is 10.4. The average Bonchev–Trinajstić information content (AvgIpc) is 3.25. The highest BCUT2D eigenvalue weighted by Gasteiger charge is 2.55. The van der Waals surface area contributed by atoms with Crippen LogP contribution in [0, 0.1) is 11.8 Å². The Kier molecular flexibility index (Phi) is 3.97. The van der Waals surface area contributed by atoms with E-state index >= 15 is 0 Å². The molecule has 3 rings (SSSR count). The third-order valence-corrected chi connectivity index (χ3v) is 4.30. The standard InChI is InChI=1S/C15H18F3N3O/c16-15(17,18)12-6-10(12)7-20-14(22)21-11-5-9-3-1-2-4-13(9)19-8-11/h5,8,10,12H,1-4,6-7H2,(H2,20,21,22)/t10-,12+/m0/s1. The van der Waals surface area contributed by atoms with Crippen LogP contribution in [-0.2, 0) is 12.8 Å². The van der Waals surface area contributed by atoms with E-state index in [1.54, 1.807) is 6.20 Å². The molecule has 1 aromatic rings. The van der Waals surface area contributed by atoms with Crippen LogP contribution in [0.3, 0.4) is 0 Å². The molecule has 0 bridgehead atoms. The molecule has 120 valence electrons. The van der Waals surface area contributed by atoms with E-state index in [1.807, 2.05) is 6.07 Å². The first kappa shape index (κ1) is 15.1. The Morgan fingerprint density at radius 3 is 2.82 bits per heavy atom. The van der Waals surface area contributed by atoms with Crippen molar-refractivity contribution in [2.75, 3.05) is 11.9 Å². The number of carbonyl (C=O) groups excluding carboxylic acids is 1. The highest BCUT2D eigenvalue weighted by Crippen LogP contribution is 2.49. The fraction of sp³-hybridized carbons (Fsp3) is 0.600. The molecule has 4 nitrogen and oxygen atoms in total. The minimum atomic E-state index is -4.15. The van der Waals surface area contributed by atoms with E-state index in [0.29, 0.717) is 5.69 Å². The molecule has 2 aliphatic rings. The van der Waals surface area contributed by atoms with Crippen molar-refractivity contribution in [1.82, 2.24) is 10.3 Å². The normalized spacial score (nSPS) is 23.6. The van der Waals surface area contributed by atoms with Crippen LogP contribution in [0.25, 0.3) is 0 Å². The summed E-state index contributed by atoms with van der Waals surface area (Å²) in [5.41, 5.74) is 2.80. The van der Waals surface area contributed by atoms with Crippen molar-refractivity contribution in [1.29, 1.82) is 0 Å². The quantitative estimate of drug-likeness (QED) is 0.900. The first-order valence-corrected chi connectivity index (χ1v) is 7.53. The number of nitrogens with zero attached hydrogens (tertiary/aromatic N) is 1. The van der Waals surface area contributed by atoms with Gasteiger partial charge in [0.15, 0.2) is 0 Å². The van der Waals surface area contributed by atoms with Gasteiger partial charge in [-0.1, -0.05) is 0 Å². The number of urea groups is 1. The number of alkyl halides is 3. The Balaban J connectivity index is 1.48. The van der Waals surface area contributed by atoms with Gasteiger partial charge in [0.1, 0.15) is 0 Å². The topological polar surface area (TPSA) is 54.0 Å². The molecule has 0 radical (unpaired) electrons. The molecule has 1 saturated carbocycles. The van der Waals surface area contributed by atoms with Crippen molar-refractivity contribution < 1.29 is 18.0 Å². The molecule has 0 aliphatic heterocycles. The summed E-state index contributed by atoms with van der Waals surface area (Å²) >= 11 is 0. The predicted octanol–water partition coefficient (Wildman–Crippen LogP) is 3.28. The Morgan fingerprint density at radius 1 is 1.32 bits per heavy atom. The van der Waals surface area contributed by atoms with Crippen molar-refractivity contribution in [3.05, 3.63) is 23.5 Å². The molecule has 22 heavy (non-hydrogen) atoms. The van der Waals surface area contributed by atoms with Gasteiger partial charge in [-0.05, 0) is 49.7 Å². The number of aryl methyl sites for hydroxylation is 2.